The average Bonchev–Trinajstić information content (AvgIpc) is 3.28. The number of rotatable bonds is 7. The van der Waals surface area contributed by atoms with Crippen molar-refractivity contribution in [1.29, 1.82) is 0 Å². The number of nitrogens with one attached hydrogen (secondary N) is 1. The molecule has 0 aliphatic heterocycles. The van der Waals surface area contributed by atoms with Gasteiger partial charge in [0, 0.05) is 29.7 Å². The summed E-state index contributed by atoms with van der Waals surface area (Å²) in [5.41, 5.74) is 3.99. The summed E-state index contributed by atoms with van der Waals surface area (Å²) in [4.78, 5) is 34.0. The van der Waals surface area contributed by atoms with Gasteiger partial charge in [-0.2, -0.15) is 4.98 Å². The molecule has 0 saturated heterocycles. The summed E-state index contributed by atoms with van der Waals surface area (Å²) in [5.74, 6) is -0.457. The van der Waals surface area contributed by atoms with E-state index < -0.39 is 11.9 Å². The van der Waals surface area contributed by atoms with Gasteiger partial charge in [-0.15, -0.1) is 0 Å². The lowest BCUT2D eigenvalue weighted by molar-refractivity contribution is 0.135. The standard InChI is InChI=1S/C24H19FN6O4S/c1-13-9-15(20-17(10-13)29-19(33-2)12-27-20)22-30-18-11-16(25)21(31-23(18)36-22)34-7-8-35-24(32)28-14-3-5-26-6-4-14/h3-6,9-12H,7-8H2,1-2H3,(H,26,28,32). The summed E-state index contributed by atoms with van der Waals surface area (Å²) in [6, 6.07) is 8.37. The normalized spacial score (nSPS) is 11.0. The minimum atomic E-state index is -0.667. The van der Waals surface area contributed by atoms with Crippen molar-refractivity contribution in [1.82, 2.24) is 24.9 Å². The quantitative estimate of drug-likeness (QED) is 0.311. The molecular formula is C24H19FN6O4S. The lowest BCUT2D eigenvalue weighted by atomic mass is 10.1. The predicted molar refractivity (Wildman–Crippen MR) is 132 cm³/mol. The van der Waals surface area contributed by atoms with Crippen LogP contribution in [0.1, 0.15) is 5.56 Å². The molecule has 0 spiro atoms. The van der Waals surface area contributed by atoms with E-state index in [9.17, 15) is 9.18 Å². The van der Waals surface area contributed by atoms with Crippen LogP contribution >= 0.6 is 11.3 Å². The van der Waals surface area contributed by atoms with E-state index in [1.165, 1.54) is 30.7 Å². The molecule has 0 atom stereocenters. The average molecular weight is 507 g/mol. The van der Waals surface area contributed by atoms with Crippen molar-refractivity contribution in [2.75, 3.05) is 25.6 Å². The molecule has 5 aromatic rings. The molecule has 0 bridgehead atoms. The van der Waals surface area contributed by atoms with E-state index in [1.807, 2.05) is 19.1 Å². The molecule has 0 saturated carbocycles. The third-order valence-electron chi connectivity index (χ3n) is 5.00. The fraction of sp³-hybridized carbons (Fsp3) is 0.167. The summed E-state index contributed by atoms with van der Waals surface area (Å²) in [7, 11) is 1.53. The first-order valence-electron chi connectivity index (χ1n) is 10.8. The first kappa shape index (κ1) is 23.3. The van der Waals surface area contributed by atoms with Gasteiger partial charge in [-0.1, -0.05) is 11.3 Å². The summed E-state index contributed by atoms with van der Waals surface area (Å²) < 4.78 is 30.3. The van der Waals surface area contributed by atoms with E-state index in [4.69, 9.17) is 14.2 Å². The molecule has 4 heterocycles. The van der Waals surface area contributed by atoms with Crippen LogP contribution in [0.3, 0.4) is 0 Å². The Hall–Kier alpha value is -4.45. The third-order valence-corrected chi connectivity index (χ3v) is 5.99. The zero-order valence-electron chi connectivity index (χ0n) is 19.2. The van der Waals surface area contributed by atoms with Crippen LogP contribution in [0.15, 0.2) is 48.9 Å². The van der Waals surface area contributed by atoms with Gasteiger partial charge in [0.1, 0.15) is 28.6 Å². The summed E-state index contributed by atoms with van der Waals surface area (Å²) in [6.07, 6.45) is 3.96. The Morgan fingerprint density at radius 2 is 1.92 bits per heavy atom. The Labute approximate surface area is 208 Å². The number of pyridine rings is 2. The van der Waals surface area contributed by atoms with Crippen LogP contribution in [0, 0.1) is 12.7 Å². The maximum Gasteiger partial charge on any atom is 0.411 e. The van der Waals surface area contributed by atoms with Crippen LogP contribution in [0.2, 0.25) is 0 Å². The monoisotopic (exact) mass is 506 g/mol. The number of anilines is 1. The van der Waals surface area contributed by atoms with Gasteiger partial charge in [-0.3, -0.25) is 10.3 Å². The number of thiazole rings is 1. The lowest BCUT2D eigenvalue weighted by Gasteiger charge is -2.08. The number of ether oxygens (including phenoxy) is 3. The number of fused-ring (bicyclic) bond motifs is 2. The van der Waals surface area contributed by atoms with Crippen LogP contribution in [-0.4, -0.2) is 51.3 Å². The molecule has 36 heavy (non-hydrogen) atoms. The Bertz CT molecular complexity index is 1560. The molecule has 182 valence electrons. The Morgan fingerprint density at radius 3 is 2.72 bits per heavy atom. The Morgan fingerprint density at radius 1 is 1.08 bits per heavy atom. The SMILES string of the molecule is COc1cnc2c(-c3nc4cc(F)c(OCCOC(=O)Nc5ccncc5)nc4s3)cc(C)cc2n1. The van der Waals surface area contributed by atoms with Gasteiger partial charge in [0.15, 0.2) is 5.82 Å². The maximum atomic E-state index is 14.6. The van der Waals surface area contributed by atoms with E-state index in [1.54, 1.807) is 24.5 Å². The molecular weight excluding hydrogens is 487 g/mol. The Balaban J connectivity index is 1.31. The molecule has 0 fully saturated rings. The molecule has 12 heteroatoms. The van der Waals surface area contributed by atoms with Gasteiger partial charge >= 0.3 is 6.09 Å². The zero-order chi connectivity index (χ0) is 25.1. The second-order valence-corrected chi connectivity index (χ2v) is 8.53. The van der Waals surface area contributed by atoms with Gasteiger partial charge in [0.05, 0.1) is 24.3 Å². The first-order chi connectivity index (χ1) is 17.5. The number of amides is 1. The smallest absolute Gasteiger partial charge is 0.411 e. The number of carbonyl (C=O) groups excluding carboxylic acids is 1. The number of hydrogen-bond donors (Lipinski definition) is 1. The first-order valence-corrected chi connectivity index (χ1v) is 11.6. The van der Waals surface area contributed by atoms with Crippen molar-refractivity contribution in [3.05, 3.63) is 60.3 Å². The highest BCUT2D eigenvalue weighted by Crippen LogP contribution is 2.35. The number of methoxy groups -OCH3 is 1. The van der Waals surface area contributed by atoms with Crippen molar-refractivity contribution >= 4 is 44.5 Å². The van der Waals surface area contributed by atoms with Crippen molar-refractivity contribution < 1.29 is 23.4 Å². The molecule has 0 aliphatic carbocycles. The van der Waals surface area contributed by atoms with E-state index >= 15 is 0 Å². The van der Waals surface area contributed by atoms with Crippen LogP contribution in [0.25, 0.3) is 32.0 Å². The highest BCUT2D eigenvalue weighted by molar-refractivity contribution is 7.21. The van der Waals surface area contributed by atoms with Crippen molar-refractivity contribution in [3.63, 3.8) is 0 Å². The maximum absolute atomic E-state index is 14.6. The van der Waals surface area contributed by atoms with Crippen molar-refractivity contribution in [3.8, 4) is 22.3 Å². The molecule has 1 N–H and O–H groups in total. The molecule has 4 aromatic heterocycles. The summed E-state index contributed by atoms with van der Waals surface area (Å²) in [6.45, 7) is 1.77. The van der Waals surface area contributed by atoms with Crippen molar-refractivity contribution in [2.24, 2.45) is 0 Å². The van der Waals surface area contributed by atoms with Crippen LogP contribution in [0.4, 0.5) is 14.9 Å². The van der Waals surface area contributed by atoms with Crippen LogP contribution < -0.4 is 14.8 Å². The number of carbonyl (C=O) groups is 1. The fourth-order valence-corrected chi connectivity index (χ4v) is 4.34. The predicted octanol–water partition coefficient (Wildman–Crippen LogP) is 4.78. The minimum absolute atomic E-state index is 0.0786. The summed E-state index contributed by atoms with van der Waals surface area (Å²) in [5, 5.41) is 3.17. The van der Waals surface area contributed by atoms with Gasteiger partial charge in [-0.25, -0.2) is 24.1 Å². The van der Waals surface area contributed by atoms with E-state index in [-0.39, 0.29) is 19.1 Å². The molecule has 5 rings (SSSR count). The van der Waals surface area contributed by atoms with Gasteiger partial charge in [0.25, 0.3) is 5.88 Å². The third kappa shape index (κ3) is 4.98. The van der Waals surface area contributed by atoms with Crippen molar-refractivity contribution in [2.45, 2.75) is 6.92 Å². The zero-order valence-corrected chi connectivity index (χ0v) is 20.0. The molecule has 0 aliphatic rings. The van der Waals surface area contributed by atoms with E-state index in [2.05, 4.69) is 30.2 Å². The number of halogens is 1. The largest absolute Gasteiger partial charge is 0.480 e. The van der Waals surface area contributed by atoms with E-state index in [0.717, 1.165) is 11.1 Å². The molecule has 1 amide bonds. The molecule has 1 aromatic carbocycles. The topological polar surface area (TPSA) is 121 Å². The highest BCUT2D eigenvalue weighted by Gasteiger charge is 2.17. The minimum Gasteiger partial charge on any atom is -0.480 e. The van der Waals surface area contributed by atoms with Crippen LogP contribution in [0.5, 0.6) is 11.8 Å². The van der Waals surface area contributed by atoms with Crippen LogP contribution in [-0.2, 0) is 4.74 Å². The second kappa shape index (κ2) is 10.0. The molecule has 10 nitrogen and oxygen atoms in total. The van der Waals surface area contributed by atoms with Gasteiger partial charge in [0.2, 0.25) is 5.88 Å². The number of nitrogens with zero attached hydrogens (tertiary/aromatic N) is 5. The van der Waals surface area contributed by atoms with Gasteiger partial charge < -0.3 is 14.2 Å². The van der Waals surface area contributed by atoms with E-state index in [0.29, 0.717) is 38.0 Å². The number of aromatic nitrogens is 5. The number of hydrogen-bond acceptors (Lipinski definition) is 10. The fourth-order valence-electron chi connectivity index (χ4n) is 3.41. The molecule has 0 radical (unpaired) electrons. The number of aryl methyl sites for hydroxylation is 1. The highest BCUT2D eigenvalue weighted by atomic mass is 32.1. The van der Waals surface area contributed by atoms with Gasteiger partial charge in [-0.05, 0) is 36.8 Å². The lowest BCUT2D eigenvalue weighted by Crippen LogP contribution is -2.18. The number of benzene rings is 1. The summed E-state index contributed by atoms with van der Waals surface area (Å²) >= 11 is 1.28. The molecule has 0 unspecified atom stereocenters. The second-order valence-electron chi connectivity index (χ2n) is 7.56. The Kier molecular flexibility index (Phi) is 6.50.